The Morgan fingerprint density at radius 1 is 1.39 bits per heavy atom. The van der Waals surface area contributed by atoms with Gasteiger partial charge in [0, 0.05) is 19.4 Å². The van der Waals surface area contributed by atoms with Gasteiger partial charge >= 0.3 is 5.97 Å². The molecule has 124 valence electrons. The van der Waals surface area contributed by atoms with Gasteiger partial charge in [0.2, 0.25) is 5.91 Å². The number of nitrogens with two attached hydrogens (primary N) is 1. The maximum Gasteiger partial charge on any atom is 0.335 e. The third kappa shape index (κ3) is 4.35. The number of rotatable bonds is 6. The molecule has 1 amide bonds. The molecule has 1 atom stereocenters. The van der Waals surface area contributed by atoms with Gasteiger partial charge in [-0.25, -0.2) is 14.8 Å². The fourth-order valence-corrected chi connectivity index (χ4v) is 2.34. The first-order valence-corrected chi connectivity index (χ1v) is 7.25. The van der Waals surface area contributed by atoms with Crippen molar-refractivity contribution < 1.29 is 24.2 Å². The first-order valence-electron chi connectivity index (χ1n) is 7.25. The smallest absolute Gasteiger partial charge is 0.335 e. The van der Waals surface area contributed by atoms with Crippen LogP contribution < -0.4 is 10.7 Å². The topological polar surface area (TPSA) is 113 Å². The minimum Gasteiger partial charge on any atom is -0.478 e. The van der Waals surface area contributed by atoms with Crippen molar-refractivity contribution in [2.75, 3.05) is 24.7 Å². The van der Waals surface area contributed by atoms with Crippen LogP contribution in [0, 0.1) is 0 Å². The molecule has 1 heterocycles. The number of carbonyl (C=O) groups excluding carboxylic acids is 2. The van der Waals surface area contributed by atoms with Gasteiger partial charge in [-0.3, -0.25) is 4.79 Å². The van der Waals surface area contributed by atoms with E-state index < -0.39 is 12.2 Å². The lowest BCUT2D eigenvalue weighted by Gasteiger charge is -2.39. The number of aldehydes is 1. The number of nitrogens with zero attached hydrogens (tertiary/aromatic N) is 2. The SMILES string of the molecule is NC1CN(N(C(=O)CCC=O)c2ccc(C(=O)O)cc2)CCO1. The number of carbonyl (C=O) groups is 3. The van der Waals surface area contributed by atoms with Crippen LogP contribution in [0.1, 0.15) is 23.2 Å². The van der Waals surface area contributed by atoms with Crippen LogP contribution in [-0.4, -0.2) is 54.2 Å². The van der Waals surface area contributed by atoms with E-state index in [2.05, 4.69) is 0 Å². The molecule has 1 unspecified atom stereocenters. The summed E-state index contributed by atoms with van der Waals surface area (Å²) < 4.78 is 5.27. The monoisotopic (exact) mass is 321 g/mol. The Bertz CT molecular complexity index is 575. The van der Waals surface area contributed by atoms with Crippen LogP contribution in [0.5, 0.6) is 0 Å². The number of anilines is 1. The normalized spacial score (nSPS) is 18.4. The fraction of sp³-hybridized carbons (Fsp3) is 0.400. The van der Waals surface area contributed by atoms with Crippen molar-refractivity contribution in [3.63, 3.8) is 0 Å². The summed E-state index contributed by atoms with van der Waals surface area (Å²) in [5, 5.41) is 12.1. The second-order valence-corrected chi connectivity index (χ2v) is 5.08. The molecule has 1 aliphatic rings. The van der Waals surface area contributed by atoms with Gasteiger partial charge in [0.1, 0.15) is 12.5 Å². The highest BCUT2D eigenvalue weighted by Crippen LogP contribution is 2.21. The molecule has 8 heteroatoms. The average Bonchev–Trinajstić information content (AvgIpc) is 2.53. The van der Waals surface area contributed by atoms with Gasteiger partial charge in [0.25, 0.3) is 0 Å². The first kappa shape index (κ1) is 17.1. The molecular weight excluding hydrogens is 302 g/mol. The zero-order valence-electron chi connectivity index (χ0n) is 12.6. The number of hydrogen-bond acceptors (Lipinski definition) is 6. The number of carboxylic acid groups (broad SMARTS) is 1. The Labute approximate surface area is 133 Å². The number of carboxylic acids is 1. The van der Waals surface area contributed by atoms with Gasteiger partial charge in [0.05, 0.1) is 24.4 Å². The summed E-state index contributed by atoms with van der Waals surface area (Å²) in [5.74, 6) is -1.29. The lowest BCUT2D eigenvalue weighted by atomic mass is 10.2. The quantitative estimate of drug-likeness (QED) is 0.721. The second-order valence-electron chi connectivity index (χ2n) is 5.08. The van der Waals surface area contributed by atoms with Crippen molar-refractivity contribution in [2.45, 2.75) is 19.1 Å². The molecule has 0 radical (unpaired) electrons. The van der Waals surface area contributed by atoms with Gasteiger partial charge in [-0.2, -0.15) is 0 Å². The van der Waals surface area contributed by atoms with E-state index in [1.54, 1.807) is 17.1 Å². The molecule has 1 fully saturated rings. The Balaban J connectivity index is 2.26. The molecule has 1 aromatic carbocycles. The van der Waals surface area contributed by atoms with Crippen LogP contribution in [0.2, 0.25) is 0 Å². The van der Waals surface area contributed by atoms with Crippen LogP contribution in [0.3, 0.4) is 0 Å². The number of hydrazine groups is 1. The minimum absolute atomic E-state index is 0.0662. The van der Waals surface area contributed by atoms with Crippen molar-refractivity contribution in [2.24, 2.45) is 5.73 Å². The summed E-state index contributed by atoms with van der Waals surface area (Å²) >= 11 is 0. The largest absolute Gasteiger partial charge is 0.478 e. The molecule has 0 aromatic heterocycles. The van der Waals surface area contributed by atoms with Gasteiger partial charge in [0.15, 0.2) is 0 Å². The molecule has 3 N–H and O–H groups in total. The number of benzene rings is 1. The third-order valence-corrected chi connectivity index (χ3v) is 3.43. The van der Waals surface area contributed by atoms with E-state index in [4.69, 9.17) is 15.6 Å². The molecule has 0 aliphatic carbocycles. The van der Waals surface area contributed by atoms with Gasteiger partial charge in [-0.05, 0) is 24.3 Å². The van der Waals surface area contributed by atoms with E-state index in [0.29, 0.717) is 31.7 Å². The summed E-state index contributed by atoms with van der Waals surface area (Å²) in [4.78, 5) is 33.9. The van der Waals surface area contributed by atoms with Crippen LogP contribution >= 0.6 is 0 Å². The zero-order chi connectivity index (χ0) is 16.8. The summed E-state index contributed by atoms with van der Waals surface area (Å²) in [6.07, 6.45) is 0.369. The average molecular weight is 321 g/mol. The summed E-state index contributed by atoms with van der Waals surface area (Å²) in [5.41, 5.74) is 6.43. The zero-order valence-corrected chi connectivity index (χ0v) is 12.6. The van der Waals surface area contributed by atoms with Crippen molar-refractivity contribution in [1.29, 1.82) is 0 Å². The molecular formula is C15H19N3O5. The predicted molar refractivity (Wildman–Crippen MR) is 81.7 cm³/mol. The maximum atomic E-state index is 12.5. The molecule has 1 aliphatic heterocycles. The lowest BCUT2D eigenvalue weighted by molar-refractivity contribution is -0.125. The summed E-state index contributed by atoms with van der Waals surface area (Å²) in [6, 6.07) is 5.97. The second kappa shape index (κ2) is 7.82. The predicted octanol–water partition coefficient (Wildman–Crippen LogP) is 0.229. The standard InChI is InChI=1S/C15H19N3O5/c16-13-10-17(7-9-23-13)18(14(20)2-1-8-19)12-5-3-11(4-6-12)15(21)22/h3-6,8,13H,1-2,7,9-10,16H2,(H,21,22). The fourth-order valence-electron chi connectivity index (χ4n) is 2.34. The van der Waals surface area contributed by atoms with Gasteiger partial charge in [-0.1, -0.05) is 0 Å². The van der Waals surface area contributed by atoms with Crippen molar-refractivity contribution in [3.05, 3.63) is 29.8 Å². The molecule has 8 nitrogen and oxygen atoms in total. The molecule has 2 rings (SSSR count). The number of morpholine rings is 1. The highest BCUT2D eigenvalue weighted by atomic mass is 16.5. The number of ether oxygens (including phenoxy) is 1. The Hall–Kier alpha value is -2.29. The van der Waals surface area contributed by atoms with Crippen molar-refractivity contribution in [1.82, 2.24) is 5.01 Å². The van der Waals surface area contributed by atoms with E-state index in [1.807, 2.05) is 0 Å². The Morgan fingerprint density at radius 3 is 2.65 bits per heavy atom. The van der Waals surface area contributed by atoms with E-state index in [0.717, 1.165) is 0 Å². The van der Waals surface area contributed by atoms with Gasteiger partial charge in [-0.15, -0.1) is 0 Å². The molecule has 0 bridgehead atoms. The van der Waals surface area contributed by atoms with Gasteiger partial charge < -0.3 is 20.4 Å². The lowest BCUT2D eigenvalue weighted by Crippen LogP contribution is -2.56. The Morgan fingerprint density at radius 2 is 2.09 bits per heavy atom. The molecule has 0 saturated carbocycles. The minimum atomic E-state index is -1.04. The molecule has 23 heavy (non-hydrogen) atoms. The molecule has 1 aromatic rings. The van der Waals surface area contributed by atoms with E-state index in [-0.39, 0.29) is 24.3 Å². The van der Waals surface area contributed by atoms with E-state index in [9.17, 15) is 14.4 Å². The van der Waals surface area contributed by atoms with Crippen LogP contribution in [-0.2, 0) is 14.3 Å². The van der Waals surface area contributed by atoms with E-state index in [1.165, 1.54) is 17.1 Å². The highest BCUT2D eigenvalue weighted by molar-refractivity contribution is 5.94. The summed E-state index contributed by atoms with van der Waals surface area (Å²) in [7, 11) is 0. The van der Waals surface area contributed by atoms with E-state index >= 15 is 0 Å². The number of hydrogen-bond donors (Lipinski definition) is 2. The highest BCUT2D eigenvalue weighted by Gasteiger charge is 2.27. The third-order valence-electron chi connectivity index (χ3n) is 3.43. The van der Waals surface area contributed by atoms with Crippen molar-refractivity contribution >= 4 is 23.9 Å². The van der Waals surface area contributed by atoms with Crippen LogP contribution in [0.15, 0.2) is 24.3 Å². The van der Waals surface area contributed by atoms with Crippen LogP contribution in [0.25, 0.3) is 0 Å². The maximum absolute atomic E-state index is 12.5. The molecule has 1 saturated heterocycles. The number of amides is 1. The first-order chi connectivity index (χ1) is 11.0. The van der Waals surface area contributed by atoms with Crippen molar-refractivity contribution in [3.8, 4) is 0 Å². The Kier molecular flexibility index (Phi) is 5.80. The molecule has 0 spiro atoms. The number of aromatic carboxylic acids is 1. The van der Waals surface area contributed by atoms with Crippen LogP contribution in [0.4, 0.5) is 5.69 Å². The summed E-state index contributed by atoms with van der Waals surface area (Å²) in [6.45, 7) is 1.18.